The van der Waals surface area contributed by atoms with Crippen LogP contribution in [-0.2, 0) is 16.1 Å². The van der Waals surface area contributed by atoms with Crippen molar-refractivity contribution in [2.75, 3.05) is 7.05 Å². The van der Waals surface area contributed by atoms with E-state index in [2.05, 4.69) is 0 Å². The van der Waals surface area contributed by atoms with Gasteiger partial charge in [0.25, 0.3) is 0 Å². The number of hydrogen-bond donors (Lipinski definition) is 0. The van der Waals surface area contributed by atoms with Crippen molar-refractivity contribution in [1.82, 2.24) is 4.90 Å². The van der Waals surface area contributed by atoms with Crippen LogP contribution in [0.2, 0.25) is 0 Å². The van der Waals surface area contributed by atoms with Gasteiger partial charge >= 0.3 is 0 Å². The summed E-state index contributed by atoms with van der Waals surface area (Å²) in [4.78, 5) is 23.4. The van der Waals surface area contributed by atoms with Crippen LogP contribution in [0.15, 0.2) is 18.2 Å². The maximum absolute atomic E-state index is 13.3. The fourth-order valence-electron chi connectivity index (χ4n) is 1.34. The molecule has 0 bridgehead atoms. The molecule has 5 heteroatoms. The lowest BCUT2D eigenvalue weighted by atomic mass is 10.2. The third kappa shape index (κ3) is 3.94. The van der Waals surface area contributed by atoms with Crippen molar-refractivity contribution in [2.45, 2.75) is 19.9 Å². The van der Waals surface area contributed by atoms with Crippen LogP contribution in [0.1, 0.15) is 18.9 Å². The minimum atomic E-state index is -0.701. The van der Waals surface area contributed by atoms with Crippen molar-refractivity contribution in [2.24, 2.45) is 0 Å². The van der Waals surface area contributed by atoms with E-state index in [9.17, 15) is 18.4 Å². The van der Waals surface area contributed by atoms with Gasteiger partial charge in [-0.3, -0.25) is 9.59 Å². The van der Waals surface area contributed by atoms with Crippen molar-refractivity contribution in [3.05, 3.63) is 35.4 Å². The van der Waals surface area contributed by atoms with Crippen LogP contribution in [0.3, 0.4) is 0 Å². The molecule has 0 saturated heterocycles. The smallest absolute Gasteiger partial charge is 0.230 e. The van der Waals surface area contributed by atoms with E-state index < -0.39 is 11.6 Å². The SMILES string of the molecule is CC(=O)CC(=O)N(C)Cc1ccc(F)cc1F. The Morgan fingerprint density at radius 2 is 1.94 bits per heavy atom. The summed E-state index contributed by atoms with van der Waals surface area (Å²) in [5.41, 5.74) is 0.214. The van der Waals surface area contributed by atoms with Gasteiger partial charge < -0.3 is 4.90 Å². The number of benzene rings is 1. The lowest BCUT2D eigenvalue weighted by Crippen LogP contribution is -2.27. The summed E-state index contributed by atoms with van der Waals surface area (Å²) >= 11 is 0. The molecule has 0 aliphatic rings. The zero-order chi connectivity index (χ0) is 13.0. The second-order valence-corrected chi connectivity index (χ2v) is 3.86. The highest BCUT2D eigenvalue weighted by molar-refractivity contribution is 5.96. The number of ketones is 1. The highest BCUT2D eigenvalue weighted by Gasteiger charge is 2.13. The van der Waals surface area contributed by atoms with Gasteiger partial charge in [0.2, 0.25) is 5.91 Å². The molecule has 0 aliphatic carbocycles. The van der Waals surface area contributed by atoms with E-state index in [4.69, 9.17) is 0 Å². The van der Waals surface area contributed by atoms with E-state index in [-0.39, 0.29) is 30.2 Å². The number of rotatable bonds is 4. The van der Waals surface area contributed by atoms with Crippen LogP contribution in [0.5, 0.6) is 0 Å². The second kappa shape index (κ2) is 5.52. The van der Waals surface area contributed by atoms with Gasteiger partial charge in [0.15, 0.2) is 0 Å². The maximum atomic E-state index is 13.3. The van der Waals surface area contributed by atoms with Gasteiger partial charge in [-0.2, -0.15) is 0 Å². The van der Waals surface area contributed by atoms with Gasteiger partial charge in [0.1, 0.15) is 17.4 Å². The molecule has 1 aromatic rings. The highest BCUT2D eigenvalue weighted by Crippen LogP contribution is 2.12. The molecule has 1 aromatic carbocycles. The van der Waals surface area contributed by atoms with E-state index in [0.29, 0.717) is 0 Å². The Morgan fingerprint density at radius 1 is 1.29 bits per heavy atom. The number of halogens is 2. The predicted molar refractivity (Wildman–Crippen MR) is 58.1 cm³/mol. The first-order valence-corrected chi connectivity index (χ1v) is 5.07. The molecule has 0 saturated carbocycles. The Labute approximate surface area is 98.0 Å². The molecule has 0 aromatic heterocycles. The normalized spacial score (nSPS) is 10.1. The van der Waals surface area contributed by atoms with Gasteiger partial charge in [0.05, 0.1) is 6.42 Å². The third-order valence-electron chi connectivity index (χ3n) is 2.25. The average molecular weight is 241 g/mol. The molecule has 1 rings (SSSR count). The van der Waals surface area contributed by atoms with Gasteiger partial charge in [-0.25, -0.2) is 8.78 Å². The monoisotopic (exact) mass is 241 g/mol. The highest BCUT2D eigenvalue weighted by atomic mass is 19.1. The van der Waals surface area contributed by atoms with Crippen LogP contribution in [0.25, 0.3) is 0 Å². The predicted octanol–water partition coefficient (Wildman–Crippen LogP) is 1.90. The first-order chi connectivity index (χ1) is 7.90. The van der Waals surface area contributed by atoms with E-state index in [1.165, 1.54) is 24.9 Å². The standard InChI is InChI=1S/C12H13F2NO2/c1-8(16)5-12(17)15(2)7-9-3-4-10(13)6-11(9)14/h3-4,6H,5,7H2,1-2H3. The van der Waals surface area contributed by atoms with Crippen LogP contribution in [0, 0.1) is 11.6 Å². The minimum absolute atomic E-state index is 0.0121. The fraction of sp³-hybridized carbons (Fsp3) is 0.333. The van der Waals surface area contributed by atoms with Gasteiger partial charge in [-0.05, 0) is 13.0 Å². The lowest BCUT2D eigenvalue weighted by Gasteiger charge is -2.16. The molecule has 3 nitrogen and oxygen atoms in total. The van der Waals surface area contributed by atoms with E-state index in [1.54, 1.807) is 0 Å². The molecule has 0 spiro atoms. The van der Waals surface area contributed by atoms with E-state index in [0.717, 1.165) is 12.1 Å². The molecule has 0 radical (unpaired) electrons. The number of nitrogens with zero attached hydrogens (tertiary/aromatic N) is 1. The summed E-state index contributed by atoms with van der Waals surface area (Å²) in [5.74, 6) is -2.00. The molecule has 0 N–H and O–H groups in total. The Morgan fingerprint density at radius 3 is 2.47 bits per heavy atom. The Bertz CT molecular complexity index is 446. The number of hydrogen-bond acceptors (Lipinski definition) is 2. The van der Waals surface area contributed by atoms with Crippen LogP contribution in [-0.4, -0.2) is 23.6 Å². The third-order valence-corrected chi connectivity index (χ3v) is 2.25. The number of Topliss-reactive ketones (excluding diaryl/α,β-unsaturated/α-hetero) is 1. The minimum Gasteiger partial charge on any atom is -0.341 e. The maximum Gasteiger partial charge on any atom is 0.230 e. The summed E-state index contributed by atoms with van der Waals surface area (Å²) in [7, 11) is 1.47. The summed E-state index contributed by atoms with van der Waals surface area (Å²) < 4.78 is 25.9. The average Bonchev–Trinajstić information content (AvgIpc) is 2.21. The number of carbonyl (C=O) groups is 2. The molecule has 17 heavy (non-hydrogen) atoms. The van der Waals surface area contributed by atoms with Crippen molar-refractivity contribution in [3.63, 3.8) is 0 Å². The lowest BCUT2D eigenvalue weighted by molar-refractivity contribution is -0.134. The summed E-state index contributed by atoms with van der Waals surface area (Å²) in [6, 6.07) is 3.17. The first-order valence-electron chi connectivity index (χ1n) is 5.07. The zero-order valence-electron chi connectivity index (χ0n) is 9.67. The Hall–Kier alpha value is -1.78. The van der Waals surface area contributed by atoms with E-state index >= 15 is 0 Å². The van der Waals surface area contributed by atoms with Crippen LogP contribution in [0.4, 0.5) is 8.78 Å². The molecule has 0 unspecified atom stereocenters. The summed E-state index contributed by atoms with van der Waals surface area (Å²) in [6.07, 6.45) is -0.209. The molecular weight excluding hydrogens is 228 g/mol. The Kier molecular flexibility index (Phi) is 4.31. The zero-order valence-corrected chi connectivity index (χ0v) is 9.67. The molecule has 1 amide bonds. The van der Waals surface area contributed by atoms with Crippen molar-refractivity contribution < 1.29 is 18.4 Å². The molecule has 92 valence electrons. The van der Waals surface area contributed by atoms with Crippen molar-refractivity contribution >= 4 is 11.7 Å². The fourth-order valence-corrected chi connectivity index (χ4v) is 1.34. The quantitative estimate of drug-likeness (QED) is 0.755. The first kappa shape index (κ1) is 13.3. The van der Waals surface area contributed by atoms with Gasteiger partial charge in [0, 0.05) is 25.2 Å². The second-order valence-electron chi connectivity index (χ2n) is 3.86. The topological polar surface area (TPSA) is 37.4 Å². The van der Waals surface area contributed by atoms with E-state index in [1.807, 2.05) is 0 Å². The Balaban J connectivity index is 2.70. The molecule has 0 fully saturated rings. The van der Waals surface area contributed by atoms with Crippen molar-refractivity contribution in [3.8, 4) is 0 Å². The van der Waals surface area contributed by atoms with Crippen LogP contribution >= 0.6 is 0 Å². The molecular formula is C12H13F2NO2. The molecule has 0 atom stereocenters. The van der Waals surface area contributed by atoms with Crippen molar-refractivity contribution in [1.29, 1.82) is 0 Å². The summed E-state index contributed by atoms with van der Waals surface area (Å²) in [6.45, 7) is 1.32. The number of carbonyl (C=O) groups excluding carboxylic acids is 2. The largest absolute Gasteiger partial charge is 0.341 e. The van der Waals surface area contributed by atoms with Gasteiger partial charge in [-0.15, -0.1) is 0 Å². The molecule has 0 aliphatic heterocycles. The number of amides is 1. The summed E-state index contributed by atoms with van der Waals surface area (Å²) in [5, 5.41) is 0. The molecule has 0 heterocycles. The van der Waals surface area contributed by atoms with Crippen LogP contribution < -0.4 is 0 Å². The van der Waals surface area contributed by atoms with Gasteiger partial charge in [-0.1, -0.05) is 6.07 Å².